The molecule has 0 atom stereocenters. The van der Waals surface area contributed by atoms with Crippen molar-refractivity contribution in [3.8, 4) is 0 Å². The average molecular weight is 359 g/mol. The molecule has 0 N–H and O–H groups in total. The van der Waals surface area contributed by atoms with Gasteiger partial charge in [0.1, 0.15) is 10.3 Å². The van der Waals surface area contributed by atoms with Crippen molar-refractivity contribution in [1.29, 1.82) is 0 Å². The quantitative estimate of drug-likeness (QED) is 0.601. The van der Waals surface area contributed by atoms with Crippen LogP contribution in [-0.2, 0) is 9.47 Å². The average Bonchev–Trinajstić information content (AvgIpc) is 2.55. The Morgan fingerprint density at radius 1 is 0.870 bits per heavy atom. The molecule has 2 aromatic heterocycles. The molecule has 2 heterocycles. The molecule has 0 aliphatic heterocycles. The topological polar surface area (TPSA) is 78.4 Å². The van der Waals surface area contributed by atoms with Gasteiger partial charge in [-0.25, -0.2) is 19.6 Å². The van der Waals surface area contributed by atoms with Crippen LogP contribution < -0.4 is 0 Å². The fourth-order valence-electron chi connectivity index (χ4n) is 1.30. The zero-order valence-electron chi connectivity index (χ0n) is 11.7. The number of methoxy groups -OCH3 is 2. The second-order valence-corrected chi connectivity index (χ2v) is 4.38. The molecular weight excluding hydrogens is 343 g/mol. The fourth-order valence-corrected chi connectivity index (χ4v) is 1.69. The lowest BCUT2D eigenvalue weighted by atomic mass is 10.3. The largest absolute Gasteiger partial charge is 0.465 e. The normalized spacial score (nSPS) is 8.87. The molecule has 2 aromatic rings. The summed E-state index contributed by atoms with van der Waals surface area (Å²) in [6.45, 7) is 0. The number of aromatic nitrogens is 2. The fraction of sp³-hybridized carbons (Fsp3) is 0.200. The first kappa shape index (κ1) is 20.8. The third kappa shape index (κ3) is 6.22. The van der Waals surface area contributed by atoms with Gasteiger partial charge >= 0.3 is 11.9 Å². The van der Waals surface area contributed by atoms with E-state index in [4.69, 9.17) is 23.2 Å². The minimum Gasteiger partial charge on any atom is -0.465 e. The highest BCUT2D eigenvalue weighted by Gasteiger charge is 2.09. The maximum Gasteiger partial charge on any atom is 0.341 e. The molecule has 0 unspecified atom stereocenters. The van der Waals surface area contributed by atoms with Crippen molar-refractivity contribution in [1.82, 2.24) is 9.97 Å². The molecule has 2 rings (SSSR count). The number of pyridine rings is 2. The van der Waals surface area contributed by atoms with Gasteiger partial charge in [0.15, 0.2) is 0 Å². The maximum atomic E-state index is 10.9. The molecule has 0 saturated carbocycles. The Morgan fingerprint density at radius 2 is 1.22 bits per heavy atom. The molecule has 0 aliphatic carbocycles. The summed E-state index contributed by atoms with van der Waals surface area (Å²) >= 11 is 11.2. The number of hydrogen-bond donors (Lipinski definition) is 0. The van der Waals surface area contributed by atoms with E-state index in [9.17, 15) is 9.59 Å². The van der Waals surface area contributed by atoms with Crippen molar-refractivity contribution in [2.24, 2.45) is 0 Å². The summed E-state index contributed by atoms with van der Waals surface area (Å²) in [7, 11) is 2.59. The molecule has 23 heavy (non-hydrogen) atoms. The minimum absolute atomic E-state index is 0. The molecule has 0 saturated heterocycles. The molecule has 0 amide bonds. The van der Waals surface area contributed by atoms with Gasteiger partial charge in [-0.15, -0.1) is 0 Å². The van der Waals surface area contributed by atoms with Crippen molar-refractivity contribution < 1.29 is 19.1 Å². The zero-order chi connectivity index (χ0) is 16.5. The van der Waals surface area contributed by atoms with Crippen LogP contribution in [0.4, 0.5) is 0 Å². The van der Waals surface area contributed by atoms with Crippen LogP contribution in [0, 0.1) is 0 Å². The van der Waals surface area contributed by atoms with E-state index in [0.29, 0.717) is 0 Å². The van der Waals surface area contributed by atoms with Gasteiger partial charge in [0.25, 0.3) is 0 Å². The van der Waals surface area contributed by atoms with E-state index in [0.717, 1.165) is 0 Å². The highest BCUT2D eigenvalue weighted by molar-refractivity contribution is 6.32. The minimum atomic E-state index is -0.469. The second-order valence-electron chi connectivity index (χ2n) is 3.67. The smallest absolute Gasteiger partial charge is 0.341 e. The number of halogens is 2. The van der Waals surface area contributed by atoms with Crippen molar-refractivity contribution in [2.45, 2.75) is 7.43 Å². The van der Waals surface area contributed by atoms with Gasteiger partial charge in [0.05, 0.1) is 25.3 Å². The summed E-state index contributed by atoms with van der Waals surface area (Å²) in [4.78, 5) is 29.2. The highest BCUT2D eigenvalue weighted by atomic mass is 35.5. The molecule has 6 nitrogen and oxygen atoms in total. The van der Waals surface area contributed by atoms with Gasteiger partial charge in [0.2, 0.25) is 0 Å². The Kier molecular flexibility index (Phi) is 9.53. The number of esters is 2. The molecule has 0 aromatic carbocycles. The van der Waals surface area contributed by atoms with Crippen LogP contribution in [0.15, 0.2) is 36.7 Å². The van der Waals surface area contributed by atoms with Crippen LogP contribution in [0.5, 0.6) is 0 Å². The molecular formula is C15H16Cl2N2O4. The predicted molar refractivity (Wildman–Crippen MR) is 87.9 cm³/mol. The number of carbonyl (C=O) groups excluding carboxylic acids is 2. The van der Waals surface area contributed by atoms with Crippen molar-refractivity contribution in [3.05, 3.63) is 58.1 Å². The van der Waals surface area contributed by atoms with E-state index >= 15 is 0 Å². The summed E-state index contributed by atoms with van der Waals surface area (Å²) in [6.07, 6.45) is 3.02. The van der Waals surface area contributed by atoms with Gasteiger partial charge < -0.3 is 9.47 Å². The summed E-state index contributed by atoms with van der Waals surface area (Å²) in [5.74, 6) is -0.939. The first-order chi connectivity index (χ1) is 10.5. The molecule has 0 radical (unpaired) electrons. The van der Waals surface area contributed by atoms with Gasteiger partial charge in [0, 0.05) is 12.4 Å². The van der Waals surface area contributed by atoms with Gasteiger partial charge in [-0.1, -0.05) is 30.6 Å². The molecule has 8 heteroatoms. The van der Waals surface area contributed by atoms with Crippen molar-refractivity contribution >= 4 is 35.1 Å². The Balaban J connectivity index is 0.000000403. The molecule has 0 bridgehead atoms. The number of rotatable bonds is 2. The third-order valence-electron chi connectivity index (χ3n) is 2.33. The zero-order valence-corrected chi connectivity index (χ0v) is 13.3. The lowest BCUT2D eigenvalue weighted by molar-refractivity contribution is 0.0591. The van der Waals surface area contributed by atoms with Gasteiger partial charge in [-0.3, -0.25) is 0 Å². The Hall–Kier alpha value is -2.18. The summed E-state index contributed by atoms with van der Waals surface area (Å²) in [5, 5.41) is 0.332. The molecule has 0 spiro atoms. The molecule has 0 aliphatic rings. The SMILES string of the molecule is C.COC(=O)c1cccnc1Cl.COC(=O)c1cccnc1Cl. The molecule has 124 valence electrons. The number of hydrogen-bond acceptors (Lipinski definition) is 6. The van der Waals surface area contributed by atoms with E-state index in [2.05, 4.69) is 19.4 Å². The van der Waals surface area contributed by atoms with Crippen LogP contribution in [0.3, 0.4) is 0 Å². The van der Waals surface area contributed by atoms with Crippen molar-refractivity contribution in [3.63, 3.8) is 0 Å². The van der Waals surface area contributed by atoms with Crippen LogP contribution in [0.25, 0.3) is 0 Å². The molecule has 0 fully saturated rings. The number of nitrogens with zero attached hydrogens (tertiary/aromatic N) is 2. The Morgan fingerprint density at radius 3 is 1.48 bits per heavy atom. The van der Waals surface area contributed by atoms with E-state index in [1.165, 1.54) is 26.6 Å². The van der Waals surface area contributed by atoms with E-state index in [1.54, 1.807) is 24.3 Å². The van der Waals surface area contributed by atoms with E-state index in [1.807, 2.05) is 0 Å². The lowest BCUT2D eigenvalue weighted by Gasteiger charge is -1.98. The monoisotopic (exact) mass is 358 g/mol. The van der Waals surface area contributed by atoms with Crippen LogP contribution in [0.1, 0.15) is 28.1 Å². The van der Waals surface area contributed by atoms with Gasteiger partial charge in [-0.05, 0) is 24.3 Å². The van der Waals surface area contributed by atoms with Gasteiger partial charge in [-0.2, -0.15) is 0 Å². The van der Waals surface area contributed by atoms with Crippen LogP contribution in [-0.4, -0.2) is 36.1 Å². The standard InChI is InChI=1S/2C7H6ClNO2.CH4/c2*1-11-7(10)5-3-2-4-9-6(5)8;/h2*2-4H,1H3;1H4. The predicted octanol–water partition coefficient (Wildman–Crippen LogP) is 3.68. The van der Waals surface area contributed by atoms with E-state index < -0.39 is 11.9 Å². The van der Waals surface area contributed by atoms with Crippen molar-refractivity contribution in [2.75, 3.05) is 14.2 Å². The maximum absolute atomic E-state index is 10.9. The summed E-state index contributed by atoms with van der Waals surface area (Å²) < 4.78 is 8.91. The highest BCUT2D eigenvalue weighted by Crippen LogP contribution is 2.12. The Labute approximate surface area is 144 Å². The van der Waals surface area contributed by atoms with E-state index in [-0.39, 0.29) is 28.9 Å². The first-order valence-corrected chi connectivity index (χ1v) is 6.64. The Bertz CT molecular complexity index is 608. The lowest BCUT2D eigenvalue weighted by Crippen LogP contribution is -2.02. The van der Waals surface area contributed by atoms with Crippen LogP contribution in [0.2, 0.25) is 10.3 Å². The number of ether oxygens (including phenoxy) is 2. The first-order valence-electron chi connectivity index (χ1n) is 5.89. The number of carbonyl (C=O) groups is 2. The summed E-state index contributed by atoms with van der Waals surface area (Å²) in [6, 6.07) is 6.36. The summed E-state index contributed by atoms with van der Waals surface area (Å²) in [5.41, 5.74) is 0.577. The van der Waals surface area contributed by atoms with Crippen LogP contribution >= 0.6 is 23.2 Å². The third-order valence-corrected chi connectivity index (χ3v) is 2.93. The second kappa shape index (κ2) is 10.5.